The van der Waals surface area contributed by atoms with E-state index in [1.165, 1.54) is 64.2 Å². The lowest BCUT2D eigenvalue weighted by Crippen LogP contribution is -2.46. The molecular formula is C57H100N2O6P+. The Balaban J connectivity index is 4.30. The lowest BCUT2D eigenvalue weighted by Gasteiger charge is -2.26. The third-order valence-corrected chi connectivity index (χ3v) is 12.0. The van der Waals surface area contributed by atoms with E-state index in [0.717, 1.165) is 103 Å². The van der Waals surface area contributed by atoms with Crippen LogP contribution in [-0.2, 0) is 18.4 Å². The molecule has 0 aromatic heterocycles. The second-order valence-corrected chi connectivity index (χ2v) is 20.0. The van der Waals surface area contributed by atoms with Crippen molar-refractivity contribution < 1.29 is 32.9 Å². The summed E-state index contributed by atoms with van der Waals surface area (Å²) >= 11 is 0. The molecule has 0 aromatic carbocycles. The van der Waals surface area contributed by atoms with Gasteiger partial charge < -0.3 is 19.8 Å². The summed E-state index contributed by atoms with van der Waals surface area (Å²) in [5.74, 6) is -0.182. The van der Waals surface area contributed by atoms with Crippen LogP contribution in [0.25, 0.3) is 0 Å². The largest absolute Gasteiger partial charge is 0.472 e. The van der Waals surface area contributed by atoms with Gasteiger partial charge in [-0.05, 0) is 83.5 Å². The quantitative estimate of drug-likeness (QED) is 0.0243. The maximum Gasteiger partial charge on any atom is 0.472 e. The molecule has 9 heteroatoms. The van der Waals surface area contributed by atoms with Crippen LogP contribution in [0.5, 0.6) is 0 Å². The molecule has 3 atom stereocenters. The van der Waals surface area contributed by atoms with Gasteiger partial charge in [0.1, 0.15) is 13.2 Å². The Bertz CT molecular complexity index is 1440. The fourth-order valence-corrected chi connectivity index (χ4v) is 7.66. The van der Waals surface area contributed by atoms with Gasteiger partial charge in [-0.2, -0.15) is 0 Å². The van der Waals surface area contributed by atoms with E-state index in [2.05, 4.69) is 129 Å². The number of rotatable bonds is 46. The van der Waals surface area contributed by atoms with Crippen LogP contribution < -0.4 is 5.32 Å². The third kappa shape index (κ3) is 49.1. The van der Waals surface area contributed by atoms with Crippen molar-refractivity contribution in [2.45, 2.75) is 206 Å². The molecule has 0 fully saturated rings. The molecule has 0 bridgehead atoms. The molecular weight excluding hydrogens is 840 g/mol. The maximum atomic E-state index is 12.9. The van der Waals surface area contributed by atoms with Gasteiger partial charge in [0, 0.05) is 6.42 Å². The van der Waals surface area contributed by atoms with Gasteiger partial charge >= 0.3 is 7.82 Å². The smallest absolute Gasteiger partial charge is 0.391 e. The Kier molecular flexibility index (Phi) is 45.2. The van der Waals surface area contributed by atoms with Crippen molar-refractivity contribution in [2.75, 3.05) is 40.9 Å². The second-order valence-electron chi connectivity index (χ2n) is 18.5. The van der Waals surface area contributed by atoms with E-state index in [9.17, 15) is 19.4 Å². The van der Waals surface area contributed by atoms with Crippen molar-refractivity contribution in [1.82, 2.24) is 5.32 Å². The minimum absolute atomic E-state index is 0.0616. The molecule has 0 spiro atoms. The zero-order valence-corrected chi connectivity index (χ0v) is 43.8. The predicted molar refractivity (Wildman–Crippen MR) is 285 cm³/mol. The van der Waals surface area contributed by atoms with E-state index in [0.29, 0.717) is 23.9 Å². The molecule has 0 aliphatic rings. The molecule has 0 aliphatic heterocycles. The maximum absolute atomic E-state index is 12.9. The summed E-state index contributed by atoms with van der Waals surface area (Å²) in [6, 6.07) is -0.786. The van der Waals surface area contributed by atoms with Crippen molar-refractivity contribution in [1.29, 1.82) is 0 Å². The number of aliphatic hydroxyl groups excluding tert-OH is 1. The molecule has 378 valence electrons. The van der Waals surface area contributed by atoms with Crippen LogP contribution in [0.3, 0.4) is 0 Å². The average molecular weight is 940 g/mol. The number of amides is 1. The first kappa shape index (κ1) is 63.2. The zero-order chi connectivity index (χ0) is 48.5. The number of likely N-dealkylation sites (N-methyl/N-ethyl adjacent to an activating group) is 1. The predicted octanol–water partition coefficient (Wildman–Crippen LogP) is 15.6. The van der Waals surface area contributed by atoms with Gasteiger partial charge in [0.2, 0.25) is 5.91 Å². The normalized spacial score (nSPS) is 15.0. The van der Waals surface area contributed by atoms with Crippen LogP contribution in [0, 0.1) is 0 Å². The summed E-state index contributed by atoms with van der Waals surface area (Å²) in [6.45, 7) is 4.72. The fourth-order valence-electron chi connectivity index (χ4n) is 6.92. The molecule has 0 saturated carbocycles. The van der Waals surface area contributed by atoms with E-state index >= 15 is 0 Å². The van der Waals surface area contributed by atoms with Crippen molar-refractivity contribution in [3.8, 4) is 0 Å². The van der Waals surface area contributed by atoms with Gasteiger partial charge in [-0.3, -0.25) is 13.8 Å². The molecule has 0 radical (unpaired) electrons. The number of nitrogens with one attached hydrogen (secondary N) is 1. The molecule has 3 N–H and O–H groups in total. The standard InChI is InChI=1S/C57H99N2O6P/c1-6-8-10-12-14-16-18-20-21-22-23-24-25-26-27-28-29-30-31-32-33-34-35-36-37-39-41-43-45-47-49-51-57(61)58-55(54-65-66(62,63)64-53-52-59(3,4)5)56(60)50-48-46-44-42-40-38-19-17-15-13-11-9-7-2/h8,10,14,16,20-21,23-24,26-27,29-30,32-33,35-36,39,41,55-56,60H,6-7,9,11-13,15,17-19,22,25,28,31,34,37-38,40,42-54H2,1-5H3,(H-,58,61,62,63)/p+1/b10-8-,16-14-,21-20-,24-23-,27-26-,30-29-,33-32-,36-35-,41-39-. The highest BCUT2D eigenvalue weighted by molar-refractivity contribution is 7.47. The highest BCUT2D eigenvalue weighted by Gasteiger charge is 2.28. The molecule has 0 aromatic rings. The number of unbranched alkanes of at least 4 members (excludes halogenated alkanes) is 15. The SMILES string of the molecule is CC/C=C\C/C=C\C/C=C\C/C=C\C/C=C\C/C=C\C/C=C\C/C=C\C/C=C\CCCCCC(=O)NC(COP(=O)(O)OCC[N+](C)(C)C)C(O)CCCCCCCCCCCCCCC. The van der Waals surface area contributed by atoms with Crippen molar-refractivity contribution in [3.63, 3.8) is 0 Å². The number of phosphoric ester groups is 1. The van der Waals surface area contributed by atoms with Crippen LogP contribution in [-0.4, -0.2) is 73.4 Å². The number of carbonyl (C=O) groups excluding carboxylic acids is 1. The van der Waals surface area contributed by atoms with Crippen LogP contribution in [0.1, 0.15) is 194 Å². The summed E-state index contributed by atoms with van der Waals surface area (Å²) in [4.78, 5) is 23.2. The van der Waals surface area contributed by atoms with Crippen molar-refractivity contribution >= 4 is 13.7 Å². The Hall–Kier alpha value is -2.84. The molecule has 8 nitrogen and oxygen atoms in total. The van der Waals surface area contributed by atoms with E-state index < -0.39 is 20.0 Å². The van der Waals surface area contributed by atoms with E-state index in [4.69, 9.17) is 9.05 Å². The van der Waals surface area contributed by atoms with Gasteiger partial charge in [-0.25, -0.2) is 4.57 Å². The molecule has 66 heavy (non-hydrogen) atoms. The summed E-state index contributed by atoms with van der Waals surface area (Å²) in [6.07, 6.45) is 68.5. The average Bonchev–Trinajstić information content (AvgIpc) is 3.28. The van der Waals surface area contributed by atoms with Crippen molar-refractivity contribution in [3.05, 3.63) is 109 Å². The first-order chi connectivity index (χ1) is 32.0. The minimum atomic E-state index is -4.33. The molecule has 3 unspecified atom stereocenters. The molecule has 0 aliphatic carbocycles. The Morgan fingerprint density at radius 2 is 0.909 bits per heavy atom. The first-order valence-corrected chi connectivity index (χ1v) is 27.7. The summed E-state index contributed by atoms with van der Waals surface area (Å²) in [5.41, 5.74) is 0. The van der Waals surface area contributed by atoms with Crippen molar-refractivity contribution in [2.24, 2.45) is 0 Å². The number of aliphatic hydroxyl groups is 1. The molecule has 0 saturated heterocycles. The summed E-state index contributed by atoms with van der Waals surface area (Å²) < 4.78 is 23.7. The molecule has 0 rings (SSSR count). The number of phosphoric acid groups is 1. The number of quaternary nitrogens is 1. The highest BCUT2D eigenvalue weighted by atomic mass is 31.2. The first-order valence-electron chi connectivity index (χ1n) is 26.3. The number of nitrogens with zero attached hydrogens (tertiary/aromatic N) is 1. The van der Waals surface area contributed by atoms with Crippen LogP contribution >= 0.6 is 7.82 Å². The lowest BCUT2D eigenvalue weighted by molar-refractivity contribution is -0.870. The monoisotopic (exact) mass is 940 g/mol. The topological polar surface area (TPSA) is 105 Å². The van der Waals surface area contributed by atoms with Gasteiger partial charge in [0.25, 0.3) is 0 Å². The summed E-state index contributed by atoms with van der Waals surface area (Å²) in [7, 11) is 1.57. The molecule has 1 amide bonds. The number of hydrogen-bond donors (Lipinski definition) is 3. The minimum Gasteiger partial charge on any atom is -0.391 e. The number of carbonyl (C=O) groups is 1. The zero-order valence-electron chi connectivity index (χ0n) is 42.9. The van der Waals surface area contributed by atoms with Gasteiger partial charge in [-0.15, -0.1) is 0 Å². The lowest BCUT2D eigenvalue weighted by atomic mass is 10.0. The Morgan fingerprint density at radius 1 is 0.530 bits per heavy atom. The highest BCUT2D eigenvalue weighted by Crippen LogP contribution is 2.43. The number of allylic oxidation sites excluding steroid dienone is 18. The summed E-state index contributed by atoms with van der Waals surface area (Å²) in [5, 5.41) is 14.0. The van der Waals surface area contributed by atoms with Crippen LogP contribution in [0.2, 0.25) is 0 Å². The third-order valence-electron chi connectivity index (χ3n) is 11.0. The van der Waals surface area contributed by atoms with Crippen LogP contribution in [0.15, 0.2) is 109 Å². The van der Waals surface area contributed by atoms with Crippen LogP contribution in [0.4, 0.5) is 0 Å². The van der Waals surface area contributed by atoms with E-state index in [1.54, 1.807) is 0 Å². The fraction of sp³-hybridized carbons (Fsp3) is 0.667. The van der Waals surface area contributed by atoms with Gasteiger partial charge in [-0.1, -0.05) is 213 Å². The Labute approximate surface area is 406 Å². The number of hydrogen-bond acceptors (Lipinski definition) is 5. The second kappa shape index (κ2) is 47.2. The Morgan fingerprint density at radius 3 is 1.32 bits per heavy atom. The molecule has 0 heterocycles. The van der Waals surface area contributed by atoms with Gasteiger partial charge in [0.05, 0.1) is 39.9 Å². The van der Waals surface area contributed by atoms with E-state index in [1.807, 2.05) is 21.1 Å². The van der Waals surface area contributed by atoms with Gasteiger partial charge in [0.15, 0.2) is 0 Å². The van der Waals surface area contributed by atoms with E-state index in [-0.39, 0.29) is 19.1 Å².